The molecule has 100 valence electrons. The SMILES string of the molecule is C/C=C(\c1ccccc1)c1ccc2c(OC)n[nH]c2c1. The number of aromatic nitrogens is 2. The molecule has 0 atom stereocenters. The summed E-state index contributed by atoms with van der Waals surface area (Å²) >= 11 is 0. The number of methoxy groups -OCH3 is 1. The van der Waals surface area contributed by atoms with Gasteiger partial charge in [0.25, 0.3) is 0 Å². The second-order valence-corrected chi connectivity index (χ2v) is 4.56. The van der Waals surface area contributed by atoms with Gasteiger partial charge in [-0.05, 0) is 35.8 Å². The second kappa shape index (κ2) is 5.21. The number of hydrogen-bond acceptors (Lipinski definition) is 2. The van der Waals surface area contributed by atoms with E-state index in [4.69, 9.17) is 4.74 Å². The van der Waals surface area contributed by atoms with E-state index in [0.29, 0.717) is 5.88 Å². The molecule has 1 aromatic heterocycles. The van der Waals surface area contributed by atoms with Gasteiger partial charge in [-0.2, -0.15) is 0 Å². The van der Waals surface area contributed by atoms with E-state index >= 15 is 0 Å². The summed E-state index contributed by atoms with van der Waals surface area (Å²) in [5, 5.41) is 8.15. The Morgan fingerprint density at radius 3 is 2.60 bits per heavy atom. The van der Waals surface area contributed by atoms with Gasteiger partial charge in [0.2, 0.25) is 5.88 Å². The van der Waals surface area contributed by atoms with Crippen LogP contribution in [-0.2, 0) is 0 Å². The minimum absolute atomic E-state index is 0.633. The first kappa shape index (κ1) is 12.5. The van der Waals surface area contributed by atoms with Gasteiger partial charge in [0.05, 0.1) is 18.0 Å². The summed E-state index contributed by atoms with van der Waals surface area (Å²) in [7, 11) is 1.63. The maximum Gasteiger partial charge on any atom is 0.240 e. The summed E-state index contributed by atoms with van der Waals surface area (Å²) in [5.41, 5.74) is 4.56. The number of nitrogens with one attached hydrogen (secondary N) is 1. The number of aromatic amines is 1. The third-order valence-corrected chi connectivity index (χ3v) is 3.41. The maximum absolute atomic E-state index is 5.22. The van der Waals surface area contributed by atoms with Crippen LogP contribution < -0.4 is 4.74 Å². The van der Waals surface area contributed by atoms with E-state index in [-0.39, 0.29) is 0 Å². The fourth-order valence-corrected chi connectivity index (χ4v) is 2.44. The molecule has 2 aromatic carbocycles. The van der Waals surface area contributed by atoms with E-state index in [1.807, 2.05) is 12.1 Å². The number of rotatable bonds is 3. The van der Waals surface area contributed by atoms with Crippen LogP contribution in [0.3, 0.4) is 0 Å². The Morgan fingerprint density at radius 1 is 1.10 bits per heavy atom. The van der Waals surface area contributed by atoms with Crippen molar-refractivity contribution < 1.29 is 4.74 Å². The molecule has 1 N–H and O–H groups in total. The van der Waals surface area contributed by atoms with Gasteiger partial charge < -0.3 is 4.74 Å². The molecule has 1 heterocycles. The van der Waals surface area contributed by atoms with Crippen molar-refractivity contribution in [2.45, 2.75) is 6.92 Å². The van der Waals surface area contributed by atoms with Crippen molar-refractivity contribution >= 4 is 16.5 Å². The van der Waals surface area contributed by atoms with Crippen LogP contribution in [0.1, 0.15) is 18.1 Å². The van der Waals surface area contributed by atoms with E-state index in [2.05, 4.69) is 59.6 Å². The third-order valence-electron chi connectivity index (χ3n) is 3.41. The minimum atomic E-state index is 0.633. The lowest BCUT2D eigenvalue weighted by Gasteiger charge is -2.08. The molecule has 0 saturated carbocycles. The van der Waals surface area contributed by atoms with Gasteiger partial charge in [-0.1, -0.05) is 42.5 Å². The molecule has 0 aliphatic rings. The average Bonchev–Trinajstić information content (AvgIpc) is 2.91. The maximum atomic E-state index is 5.22. The Kier molecular flexibility index (Phi) is 3.25. The first-order valence-electron chi connectivity index (χ1n) is 6.57. The predicted molar refractivity (Wildman–Crippen MR) is 81.8 cm³/mol. The molecule has 0 aliphatic heterocycles. The Labute approximate surface area is 117 Å². The highest BCUT2D eigenvalue weighted by Crippen LogP contribution is 2.28. The number of fused-ring (bicyclic) bond motifs is 1. The number of ether oxygens (including phenoxy) is 1. The molecule has 0 spiro atoms. The van der Waals surface area contributed by atoms with Crippen LogP contribution in [0.2, 0.25) is 0 Å². The van der Waals surface area contributed by atoms with Crippen LogP contribution in [0.4, 0.5) is 0 Å². The molecule has 0 unspecified atom stereocenters. The van der Waals surface area contributed by atoms with Gasteiger partial charge >= 0.3 is 0 Å². The van der Waals surface area contributed by atoms with Gasteiger partial charge in [-0.25, -0.2) is 0 Å². The highest BCUT2D eigenvalue weighted by molar-refractivity contribution is 5.90. The molecule has 3 heteroatoms. The number of H-pyrrole nitrogens is 1. The van der Waals surface area contributed by atoms with Crippen LogP contribution >= 0.6 is 0 Å². The van der Waals surface area contributed by atoms with Gasteiger partial charge in [0.1, 0.15) is 0 Å². The first-order valence-corrected chi connectivity index (χ1v) is 6.57. The van der Waals surface area contributed by atoms with Crippen LogP contribution in [0.25, 0.3) is 16.5 Å². The zero-order valence-electron chi connectivity index (χ0n) is 11.6. The summed E-state index contributed by atoms with van der Waals surface area (Å²) in [5.74, 6) is 0.633. The zero-order valence-corrected chi connectivity index (χ0v) is 11.6. The van der Waals surface area contributed by atoms with E-state index in [1.165, 1.54) is 11.1 Å². The summed E-state index contributed by atoms with van der Waals surface area (Å²) in [6.45, 7) is 2.06. The number of hydrogen-bond donors (Lipinski definition) is 1. The quantitative estimate of drug-likeness (QED) is 0.775. The van der Waals surface area contributed by atoms with Crippen LogP contribution in [0.5, 0.6) is 5.88 Å². The minimum Gasteiger partial charge on any atom is -0.480 e. The van der Waals surface area contributed by atoms with Crippen LogP contribution in [0.15, 0.2) is 54.6 Å². The standard InChI is InChI=1S/C17H16N2O/c1-3-14(12-7-5-4-6-8-12)13-9-10-15-16(11-13)18-19-17(15)20-2/h3-11H,1-2H3,(H,18,19)/b14-3+. The Morgan fingerprint density at radius 2 is 1.90 bits per heavy atom. The van der Waals surface area contributed by atoms with Gasteiger partial charge in [0, 0.05) is 0 Å². The highest BCUT2D eigenvalue weighted by Gasteiger charge is 2.09. The van der Waals surface area contributed by atoms with Crippen molar-refractivity contribution in [3.05, 3.63) is 65.7 Å². The molecule has 0 amide bonds. The molecular weight excluding hydrogens is 248 g/mol. The molecule has 0 saturated heterocycles. The number of allylic oxidation sites excluding steroid dienone is 1. The summed E-state index contributed by atoms with van der Waals surface area (Å²) in [6, 6.07) is 16.6. The van der Waals surface area contributed by atoms with Crippen molar-refractivity contribution in [1.29, 1.82) is 0 Å². The van der Waals surface area contributed by atoms with E-state index in [1.54, 1.807) is 7.11 Å². The van der Waals surface area contributed by atoms with Crippen molar-refractivity contribution in [2.24, 2.45) is 0 Å². The van der Waals surface area contributed by atoms with Crippen molar-refractivity contribution in [3.63, 3.8) is 0 Å². The van der Waals surface area contributed by atoms with Gasteiger partial charge in [-0.15, -0.1) is 5.10 Å². The normalized spacial score (nSPS) is 11.8. The number of nitrogens with zero attached hydrogens (tertiary/aromatic N) is 1. The summed E-state index contributed by atoms with van der Waals surface area (Å²) < 4.78 is 5.22. The average molecular weight is 264 g/mol. The molecule has 3 aromatic rings. The highest BCUT2D eigenvalue weighted by atomic mass is 16.5. The first-order chi connectivity index (χ1) is 9.83. The lowest BCUT2D eigenvalue weighted by Crippen LogP contribution is -1.87. The Balaban J connectivity index is 2.09. The zero-order chi connectivity index (χ0) is 13.9. The predicted octanol–water partition coefficient (Wildman–Crippen LogP) is 4.02. The Hall–Kier alpha value is -2.55. The second-order valence-electron chi connectivity index (χ2n) is 4.56. The molecule has 0 bridgehead atoms. The van der Waals surface area contributed by atoms with Crippen LogP contribution in [0, 0.1) is 0 Å². The van der Waals surface area contributed by atoms with Gasteiger partial charge in [0.15, 0.2) is 0 Å². The molecule has 3 rings (SSSR count). The molecular formula is C17H16N2O. The van der Waals surface area contributed by atoms with Crippen molar-refractivity contribution in [3.8, 4) is 5.88 Å². The van der Waals surface area contributed by atoms with E-state index in [9.17, 15) is 0 Å². The molecule has 0 aliphatic carbocycles. The fraction of sp³-hybridized carbons (Fsp3) is 0.118. The topological polar surface area (TPSA) is 37.9 Å². The summed E-state index contributed by atoms with van der Waals surface area (Å²) in [6.07, 6.45) is 2.13. The Bertz CT molecular complexity index is 757. The monoisotopic (exact) mass is 264 g/mol. The molecule has 0 radical (unpaired) electrons. The van der Waals surface area contributed by atoms with E-state index < -0.39 is 0 Å². The van der Waals surface area contributed by atoms with Crippen LogP contribution in [-0.4, -0.2) is 17.3 Å². The smallest absolute Gasteiger partial charge is 0.240 e. The van der Waals surface area contributed by atoms with Gasteiger partial charge in [-0.3, -0.25) is 5.10 Å². The van der Waals surface area contributed by atoms with Crippen molar-refractivity contribution in [2.75, 3.05) is 7.11 Å². The fourth-order valence-electron chi connectivity index (χ4n) is 2.44. The molecule has 0 fully saturated rings. The third kappa shape index (κ3) is 2.07. The molecule has 3 nitrogen and oxygen atoms in total. The number of benzene rings is 2. The lowest BCUT2D eigenvalue weighted by atomic mass is 9.97. The lowest BCUT2D eigenvalue weighted by molar-refractivity contribution is 0.401. The van der Waals surface area contributed by atoms with Crippen molar-refractivity contribution in [1.82, 2.24) is 10.2 Å². The largest absolute Gasteiger partial charge is 0.480 e. The summed E-state index contributed by atoms with van der Waals surface area (Å²) in [4.78, 5) is 0. The molecule has 20 heavy (non-hydrogen) atoms. The van der Waals surface area contributed by atoms with E-state index in [0.717, 1.165) is 16.5 Å².